The van der Waals surface area contributed by atoms with Crippen molar-refractivity contribution in [2.75, 3.05) is 19.9 Å². The van der Waals surface area contributed by atoms with Gasteiger partial charge < -0.3 is 9.64 Å². The van der Waals surface area contributed by atoms with Gasteiger partial charge in [0.2, 0.25) is 0 Å². The molecule has 0 aromatic heterocycles. The van der Waals surface area contributed by atoms with Crippen LogP contribution in [-0.4, -0.2) is 31.1 Å². The summed E-state index contributed by atoms with van der Waals surface area (Å²) in [5.41, 5.74) is 0. The fourth-order valence-corrected chi connectivity index (χ4v) is 0.703. The number of carbonyl (C=O) groups is 1. The Hall–Kier alpha value is -0.830. The molecule has 0 saturated carbocycles. The smallest absolute Gasteiger partial charge is 0.144 e. The minimum absolute atomic E-state index is 0.615. The van der Waals surface area contributed by atoms with Gasteiger partial charge in [0.15, 0.2) is 0 Å². The number of rotatable bonds is 2. The summed E-state index contributed by atoms with van der Waals surface area (Å²) in [4.78, 5) is 11.7. The van der Waals surface area contributed by atoms with E-state index in [1.54, 1.807) is 6.20 Å². The van der Waals surface area contributed by atoms with E-state index in [0.29, 0.717) is 6.73 Å². The van der Waals surface area contributed by atoms with Crippen LogP contribution >= 0.6 is 0 Å². The maximum absolute atomic E-state index is 9.81. The highest BCUT2D eigenvalue weighted by atomic mass is 16.5. The number of nitrogens with zero attached hydrogens (tertiary/aromatic N) is 1. The number of hydrogen-bond acceptors (Lipinski definition) is 3. The van der Waals surface area contributed by atoms with Gasteiger partial charge in [0.1, 0.15) is 13.0 Å². The van der Waals surface area contributed by atoms with Crippen LogP contribution in [0.15, 0.2) is 12.3 Å². The molecule has 0 aliphatic carbocycles. The molecule has 0 spiro atoms. The molecular formula is C6H9NO2. The summed E-state index contributed by atoms with van der Waals surface area (Å²) in [6.07, 6.45) is 3.97. The molecule has 0 aromatic rings. The Labute approximate surface area is 53.9 Å². The van der Waals surface area contributed by atoms with E-state index < -0.39 is 0 Å². The molecule has 0 aromatic carbocycles. The SMILES string of the molecule is O=CC=CN1CCOC1. The molecule has 1 heterocycles. The second-order valence-corrected chi connectivity index (χ2v) is 1.83. The van der Waals surface area contributed by atoms with Crippen LogP contribution in [0.4, 0.5) is 0 Å². The highest BCUT2D eigenvalue weighted by Crippen LogP contribution is 1.97. The first-order valence-electron chi connectivity index (χ1n) is 2.87. The van der Waals surface area contributed by atoms with Gasteiger partial charge in [-0.2, -0.15) is 0 Å². The van der Waals surface area contributed by atoms with Crippen molar-refractivity contribution in [3.05, 3.63) is 12.3 Å². The molecule has 1 fully saturated rings. The monoisotopic (exact) mass is 127 g/mol. The Bertz CT molecular complexity index is 116. The Kier molecular flexibility index (Phi) is 2.27. The first-order valence-corrected chi connectivity index (χ1v) is 2.87. The largest absolute Gasteiger partial charge is 0.359 e. The first kappa shape index (κ1) is 6.29. The average molecular weight is 127 g/mol. The van der Waals surface area contributed by atoms with Crippen LogP contribution in [0.25, 0.3) is 0 Å². The van der Waals surface area contributed by atoms with Crippen LogP contribution in [0.3, 0.4) is 0 Å². The topological polar surface area (TPSA) is 29.5 Å². The van der Waals surface area contributed by atoms with Gasteiger partial charge in [-0.15, -0.1) is 0 Å². The summed E-state index contributed by atoms with van der Waals surface area (Å²) >= 11 is 0. The van der Waals surface area contributed by atoms with Gasteiger partial charge in [0.25, 0.3) is 0 Å². The van der Waals surface area contributed by atoms with Crippen molar-refractivity contribution in [1.29, 1.82) is 0 Å². The van der Waals surface area contributed by atoms with Crippen LogP contribution in [0.2, 0.25) is 0 Å². The van der Waals surface area contributed by atoms with Gasteiger partial charge in [-0.25, -0.2) is 0 Å². The van der Waals surface area contributed by atoms with Crippen LogP contribution in [-0.2, 0) is 9.53 Å². The van der Waals surface area contributed by atoms with Crippen LogP contribution in [0, 0.1) is 0 Å². The number of aldehydes is 1. The predicted octanol–water partition coefficient (Wildman–Crippen LogP) is -0.0113. The van der Waals surface area contributed by atoms with E-state index in [1.807, 2.05) is 4.90 Å². The van der Waals surface area contributed by atoms with E-state index in [0.717, 1.165) is 19.4 Å². The lowest BCUT2D eigenvalue weighted by atomic mass is 10.6. The van der Waals surface area contributed by atoms with Crippen molar-refractivity contribution >= 4 is 6.29 Å². The summed E-state index contributed by atoms with van der Waals surface area (Å²) in [5, 5.41) is 0. The minimum atomic E-state index is 0.615. The number of hydrogen-bond donors (Lipinski definition) is 0. The molecule has 1 aliphatic heterocycles. The van der Waals surface area contributed by atoms with Crippen molar-refractivity contribution in [1.82, 2.24) is 4.90 Å². The molecule has 0 unspecified atom stereocenters. The molecule has 1 rings (SSSR count). The molecule has 9 heavy (non-hydrogen) atoms. The summed E-state index contributed by atoms with van der Waals surface area (Å²) in [6.45, 7) is 2.28. The van der Waals surface area contributed by atoms with Crippen molar-refractivity contribution in [2.45, 2.75) is 0 Å². The molecule has 0 bridgehead atoms. The van der Waals surface area contributed by atoms with Crippen molar-refractivity contribution in [3.8, 4) is 0 Å². The number of carbonyl (C=O) groups excluding carboxylic acids is 1. The van der Waals surface area contributed by atoms with Crippen LogP contribution in [0.1, 0.15) is 0 Å². The highest BCUT2D eigenvalue weighted by Gasteiger charge is 2.05. The quantitative estimate of drug-likeness (QED) is 0.386. The number of ether oxygens (including phenoxy) is 1. The predicted molar refractivity (Wildman–Crippen MR) is 32.7 cm³/mol. The maximum atomic E-state index is 9.81. The highest BCUT2D eigenvalue weighted by molar-refractivity contribution is 5.64. The Morgan fingerprint density at radius 1 is 1.56 bits per heavy atom. The van der Waals surface area contributed by atoms with E-state index in [9.17, 15) is 4.79 Å². The molecule has 50 valence electrons. The molecule has 3 heteroatoms. The summed E-state index contributed by atoms with van der Waals surface area (Å²) in [5.74, 6) is 0. The van der Waals surface area contributed by atoms with E-state index in [2.05, 4.69) is 0 Å². The van der Waals surface area contributed by atoms with Crippen LogP contribution in [0.5, 0.6) is 0 Å². The molecule has 0 N–H and O–H groups in total. The normalized spacial score (nSPS) is 19.3. The Morgan fingerprint density at radius 3 is 3.00 bits per heavy atom. The molecule has 1 saturated heterocycles. The molecule has 0 amide bonds. The van der Waals surface area contributed by atoms with E-state index in [1.165, 1.54) is 6.08 Å². The first-order chi connectivity index (χ1) is 4.43. The van der Waals surface area contributed by atoms with Crippen molar-refractivity contribution < 1.29 is 9.53 Å². The molecule has 3 nitrogen and oxygen atoms in total. The maximum Gasteiger partial charge on any atom is 0.144 e. The van der Waals surface area contributed by atoms with Crippen molar-refractivity contribution in [3.63, 3.8) is 0 Å². The molecular weight excluding hydrogens is 118 g/mol. The minimum Gasteiger partial charge on any atom is -0.359 e. The standard InChI is InChI=1S/C6H9NO2/c8-4-1-2-7-3-5-9-6-7/h1-2,4H,3,5-6H2. The Balaban J connectivity index is 2.25. The third-order valence-electron chi connectivity index (χ3n) is 1.16. The lowest BCUT2D eigenvalue weighted by molar-refractivity contribution is -0.104. The van der Waals surface area contributed by atoms with Crippen molar-refractivity contribution in [2.24, 2.45) is 0 Å². The zero-order valence-corrected chi connectivity index (χ0v) is 5.12. The zero-order chi connectivity index (χ0) is 6.53. The van der Waals surface area contributed by atoms with E-state index in [4.69, 9.17) is 4.74 Å². The molecule has 0 radical (unpaired) electrons. The van der Waals surface area contributed by atoms with Gasteiger partial charge in [-0.05, 0) is 6.08 Å². The summed E-state index contributed by atoms with van der Waals surface area (Å²) in [6, 6.07) is 0. The average Bonchev–Trinajstić information content (AvgIpc) is 2.34. The summed E-state index contributed by atoms with van der Waals surface area (Å²) in [7, 11) is 0. The fourth-order valence-electron chi connectivity index (χ4n) is 0.703. The Morgan fingerprint density at radius 2 is 2.44 bits per heavy atom. The third kappa shape index (κ3) is 1.85. The lowest BCUT2D eigenvalue weighted by Gasteiger charge is -2.05. The molecule has 1 aliphatic rings. The van der Waals surface area contributed by atoms with Gasteiger partial charge >= 0.3 is 0 Å². The number of allylic oxidation sites excluding steroid dienone is 1. The van der Waals surface area contributed by atoms with E-state index >= 15 is 0 Å². The van der Waals surface area contributed by atoms with Crippen LogP contribution < -0.4 is 0 Å². The van der Waals surface area contributed by atoms with Gasteiger partial charge in [0, 0.05) is 12.7 Å². The third-order valence-corrected chi connectivity index (χ3v) is 1.16. The molecule has 0 atom stereocenters. The second-order valence-electron chi connectivity index (χ2n) is 1.83. The fraction of sp³-hybridized carbons (Fsp3) is 0.500. The van der Waals surface area contributed by atoms with E-state index in [-0.39, 0.29) is 0 Å². The zero-order valence-electron chi connectivity index (χ0n) is 5.12. The summed E-state index contributed by atoms with van der Waals surface area (Å²) < 4.78 is 5.01. The van der Waals surface area contributed by atoms with Gasteiger partial charge in [0.05, 0.1) is 6.61 Å². The van der Waals surface area contributed by atoms with Gasteiger partial charge in [-0.3, -0.25) is 4.79 Å². The lowest BCUT2D eigenvalue weighted by Crippen LogP contribution is -2.11. The second kappa shape index (κ2) is 3.25. The van der Waals surface area contributed by atoms with Gasteiger partial charge in [-0.1, -0.05) is 0 Å².